The average molecular weight is 237 g/mol. The number of carboxylic acids is 1. The van der Waals surface area contributed by atoms with Gasteiger partial charge in [0.05, 0.1) is 18.4 Å². The summed E-state index contributed by atoms with van der Waals surface area (Å²) >= 11 is 0. The molecule has 0 aliphatic rings. The Labute approximate surface area is 102 Å². The molecule has 0 bridgehead atoms. The minimum Gasteiger partial charge on any atom is -0.477 e. The van der Waals surface area contributed by atoms with Crippen molar-refractivity contribution in [2.45, 2.75) is 39.9 Å². The van der Waals surface area contributed by atoms with E-state index < -0.39 is 5.97 Å². The first kappa shape index (κ1) is 13.6. The number of carboxylic acid groups (broad SMARTS) is 1. The summed E-state index contributed by atoms with van der Waals surface area (Å²) in [5, 5.41) is 8.80. The van der Waals surface area contributed by atoms with Gasteiger partial charge in [0.25, 0.3) is 0 Å². The predicted molar refractivity (Wildman–Crippen MR) is 64.9 cm³/mol. The normalized spacial score (nSPS) is 12.7. The summed E-state index contributed by atoms with van der Waals surface area (Å²) in [5.74, 6) is -0.426. The van der Waals surface area contributed by atoms with E-state index in [1.54, 1.807) is 12.1 Å². The first-order valence-corrected chi connectivity index (χ1v) is 5.80. The third kappa shape index (κ3) is 4.95. The van der Waals surface area contributed by atoms with Gasteiger partial charge in [0, 0.05) is 0 Å². The third-order valence-corrected chi connectivity index (χ3v) is 2.34. The molecule has 1 heterocycles. The molecule has 0 aliphatic heterocycles. The summed E-state index contributed by atoms with van der Waals surface area (Å²) in [7, 11) is 0. The van der Waals surface area contributed by atoms with Crippen molar-refractivity contribution in [1.29, 1.82) is 0 Å². The molecule has 17 heavy (non-hydrogen) atoms. The Morgan fingerprint density at radius 3 is 2.71 bits per heavy atom. The van der Waals surface area contributed by atoms with Crippen LogP contribution < -0.4 is 0 Å². The highest BCUT2D eigenvalue weighted by atomic mass is 16.5. The van der Waals surface area contributed by atoms with Crippen LogP contribution in [0.5, 0.6) is 0 Å². The first-order chi connectivity index (χ1) is 7.99. The van der Waals surface area contributed by atoms with Crippen LogP contribution >= 0.6 is 0 Å². The van der Waals surface area contributed by atoms with Gasteiger partial charge >= 0.3 is 5.97 Å². The standard InChI is InChI=1S/C13H19NO3/c1-9(2)7-10(3)17-8-11-5-4-6-12(14-11)13(15)16/h4-6,9-10H,7-8H2,1-3H3,(H,15,16). The van der Waals surface area contributed by atoms with Crippen LogP contribution in [0.1, 0.15) is 43.4 Å². The quantitative estimate of drug-likeness (QED) is 0.826. The lowest BCUT2D eigenvalue weighted by molar-refractivity contribution is 0.0377. The van der Waals surface area contributed by atoms with Crippen LogP contribution in [0, 0.1) is 5.92 Å². The molecular formula is C13H19NO3. The zero-order valence-corrected chi connectivity index (χ0v) is 10.5. The molecule has 94 valence electrons. The largest absolute Gasteiger partial charge is 0.477 e. The maximum absolute atomic E-state index is 10.7. The van der Waals surface area contributed by atoms with Crippen LogP contribution in [0.4, 0.5) is 0 Å². The second-order valence-corrected chi connectivity index (χ2v) is 4.57. The van der Waals surface area contributed by atoms with E-state index in [0.29, 0.717) is 18.2 Å². The van der Waals surface area contributed by atoms with E-state index >= 15 is 0 Å². The molecule has 1 N–H and O–H groups in total. The Morgan fingerprint density at radius 1 is 1.41 bits per heavy atom. The van der Waals surface area contributed by atoms with Crippen molar-refractivity contribution in [3.05, 3.63) is 29.6 Å². The summed E-state index contributed by atoms with van der Waals surface area (Å²) in [4.78, 5) is 14.7. The number of aromatic nitrogens is 1. The van der Waals surface area contributed by atoms with Crippen LogP contribution in [0.15, 0.2) is 18.2 Å². The van der Waals surface area contributed by atoms with Crippen molar-refractivity contribution in [2.75, 3.05) is 0 Å². The minimum atomic E-state index is -1.01. The van der Waals surface area contributed by atoms with Gasteiger partial charge in [0.2, 0.25) is 0 Å². The lowest BCUT2D eigenvalue weighted by Gasteiger charge is -2.14. The Balaban J connectivity index is 2.51. The van der Waals surface area contributed by atoms with Crippen LogP contribution in [0.3, 0.4) is 0 Å². The molecule has 0 amide bonds. The van der Waals surface area contributed by atoms with Gasteiger partial charge in [-0.3, -0.25) is 0 Å². The fourth-order valence-corrected chi connectivity index (χ4v) is 1.64. The Bertz CT molecular complexity index is 377. The molecular weight excluding hydrogens is 218 g/mol. The first-order valence-electron chi connectivity index (χ1n) is 5.80. The highest BCUT2D eigenvalue weighted by Gasteiger charge is 2.08. The van der Waals surface area contributed by atoms with Crippen molar-refractivity contribution in [2.24, 2.45) is 5.92 Å². The molecule has 0 aromatic carbocycles. The van der Waals surface area contributed by atoms with Gasteiger partial charge in [0.1, 0.15) is 5.69 Å². The molecule has 4 heteroatoms. The molecule has 1 atom stereocenters. The van der Waals surface area contributed by atoms with Gasteiger partial charge in [-0.05, 0) is 31.4 Å². The molecule has 0 fully saturated rings. The van der Waals surface area contributed by atoms with Crippen LogP contribution in [-0.2, 0) is 11.3 Å². The van der Waals surface area contributed by atoms with E-state index in [-0.39, 0.29) is 11.8 Å². The number of nitrogens with zero attached hydrogens (tertiary/aromatic N) is 1. The summed E-state index contributed by atoms with van der Waals surface area (Å²) in [6.45, 7) is 6.66. The van der Waals surface area contributed by atoms with E-state index in [1.807, 2.05) is 6.92 Å². The molecule has 0 saturated heterocycles. The lowest BCUT2D eigenvalue weighted by Crippen LogP contribution is -2.12. The number of carbonyl (C=O) groups is 1. The Hall–Kier alpha value is -1.42. The number of rotatable bonds is 6. The van der Waals surface area contributed by atoms with Crippen molar-refractivity contribution in [3.8, 4) is 0 Å². The second kappa shape index (κ2) is 6.35. The fourth-order valence-electron chi connectivity index (χ4n) is 1.64. The molecule has 1 rings (SSSR count). The van der Waals surface area contributed by atoms with Gasteiger partial charge in [-0.15, -0.1) is 0 Å². The molecule has 1 unspecified atom stereocenters. The summed E-state index contributed by atoms with van der Waals surface area (Å²) in [5.41, 5.74) is 0.711. The monoisotopic (exact) mass is 237 g/mol. The SMILES string of the molecule is CC(C)CC(C)OCc1cccc(C(=O)O)n1. The number of ether oxygens (including phenoxy) is 1. The van der Waals surface area contributed by atoms with Crippen LogP contribution in [0.2, 0.25) is 0 Å². The highest BCUT2D eigenvalue weighted by molar-refractivity contribution is 5.85. The third-order valence-electron chi connectivity index (χ3n) is 2.34. The zero-order chi connectivity index (χ0) is 12.8. The minimum absolute atomic E-state index is 0.0580. The number of hydrogen-bond acceptors (Lipinski definition) is 3. The number of aromatic carboxylic acids is 1. The summed E-state index contributed by atoms with van der Waals surface area (Å²) in [6.07, 6.45) is 1.14. The number of pyridine rings is 1. The predicted octanol–water partition coefficient (Wildman–Crippen LogP) is 2.73. The maximum atomic E-state index is 10.7. The summed E-state index contributed by atoms with van der Waals surface area (Å²) in [6, 6.07) is 4.93. The number of hydrogen-bond donors (Lipinski definition) is 1. The van der Waals surface area contributed by atoms with Crippen molar-refractivity contribution < 1.29 is 14.6 Å². The maximum Gasteiger partial charge on any atom is 0.354 e. The Kier molecular flexibility index (Phi) is 5.10. The zero-order valence-electron chi connectivity index (χ0n) is 10.5. The molecule has 4 nitrogen and oxygen atoms in total. The van der Waals surface area contributed by atoms with E-state index in [2.05, 4.69) is 18.8 Å². The molecule has 1 aromatic rings. The van der Waals surface area contributed by atoms with Crippen LogP contribution in [-0.4, -0.2) is 22.2 Å². The van der Waals surface area contributed by atoms with E-state index in [0.717, 1.165) is 6.42 Å². The van der Waals surface area contributed by atoms with Gasteiger partial charge in [-0.1, -0.05) is 19.9 Å². The van der Waals surface area contributed by atoms with Crippen molar-refractivity contribution in [3.63, 3.8) is 0 Å². The van der Waals surface area contributed by atoms with Crippen LogP contribution in [0.25, 0.3) is 0 Å². The van der Waals surface area contributed by atoms with Gasteiger partial charge < -0.3 is 9.84 Å². The second-order valence-electron chi connectivity index (χ2n) is 4.57. The van der Waals surface area contributed by atoms with E-state index in [1.165, 1.54) is 6.07 Å². The molecule has 0 aliphatic carbocycles. The fraction of sp³-hybridized carbons (Fsp3) is 0.538. The van der Waals surface area contributed by atoms with E-state index in [4.69, 9.17) is 9.84 Å². The molecule has 0 radical (unpaired) electrons. The molecule has 0 spiro atoms. The average Bonchev–Trinajstić information content (AvgIpc) is 2.26. The van der Waals surface area contributed by atoms with Gasteiger partial charge in [-0.25, -0.2) is 9.78 Å². The summed E-state index contributed by atoms with van der Waals surface area (Å²) < 4.78 is 5.62. The van der Waals surface area contributed by atoms with Gasteiger partial charge in [0.15, 0.2) is 0 Å². The van der Waals surface area contributed by atoms with Crippen molar-refractivity contribution in [1.82, 2.24) is 4.98 Å². The lowest BCUT2D eigenvalue weighted by atomic mass is 10.1. The van der Waals surface area contributed by atoms with Crippen molar-refractivity contribution >= 4 is 5.97 Å². The molecule has 1 aromatic heterocycles. The van der Waals surface area contributed by atoms with E-state index in [9.17, 15) is 4.79 Å². The Morgan fingerprint density at radius 2 is 2.12 bits per heavy atom. The highest BCUT2D eigenvalue weighted by Crippen LogP contribution is 2.10. The van der Waals surface area contributed by atoms with Gasteiger partial charge in [-0.2, -0.15) is 0 Å². The molecule has 0 saturated carbocycles. The smallest absolute Gasteiger partial charge is 0.354 e. The topological polar surface area (TPSA) is 59.4 Å².